The van der Waals surface area contributed by atoms with Gasteiger partial charge in [-0.15, -0.1) is 0 Å². The second-order valence-corrected chi connectivity index (χ2v) is 8.11. The first-order chi connectivity index (χ1) is 17.0. The van der Waals surface area contributed by atoms with Gasteiger partial charge >= 0.3 is 0 Å². The van der Waals surface area contributed by atoms with Crippen LogP contribution in [0.5, 0.6) is 17.2 Å². The summed E-state index contributed by atoms with van der Waals surface area (Å²) in [6.07, 6.45) is 0.681. The number of ether oxygens (including phenoxy) is 3. The maximum atomic E-state index is 13.3. The SMILES string of the molecule is COc1ccc(-c2oc3ccc(Cl)cc3c(=O)c2OCC(=O)NCCc2ccccc2)cc1OC. The number of hydrogen-bond donors (Lipinski definition) is 1. The molecule has 180 valence electrons. The van der Waals surface area contributed by atoms with E-state index in [1.54, 1.807) is 30.3 Å². The van der Waals surface area contributed by atoms with Crippen LogP contribution < -0.4 is 25.0 Å². The average Bonchev–Trinajstić information content (AvgIpc) is 2.88. The molecule has 8 heteroatoms. The van der Waals surface area contributed by atoms with E-state index in [1.165, 1.54) is 20.3 Å². The maximum absolute atomic E-state index is 13.3. The fourth-order valence-corrected chi connectivity index (χ4v) is 3.80. The zero-order valence-electron chi connectivity index (χ0n) is 19.3. The minimum atomic E-state index is -0.435. The van der Waals surface area contributed by atoms with Gasteiger partial charge in [-0.3, -0.25) is 9.59 Å². The van der Waals surface area contributed by atoms with Crippen molar-refractivity contribution < 1.29 is 23.4 Å². The predicted octanol–water partition coefficient (Wildman–Crippen LogP) is 4.87. The first-order valence-electron chi connectivity index (χ1n) is 10.9. The Morgan fingerprint density at radius 1 is 0.971 bits per heavy atom. The summed E-state index contributed by atoms with van der Waals surface area (Å²) < 4.78 is 22.5. The molecule has 0 spiro atoms. The number of carbonyl (C=O) groups excluding carboxylic acids is 1. The Hall–Kier alpha value is -3.97. The summed E-state index contributed by atoms with van der Waals surface area (Å²) in [7, 11) is 3.04. The molecule has 7 nitrogen and oxygen atoms in total. The van der Waals surface area contributed by atoms with Crippen molar-refractivity contribution in [3.8, 4) is 28.6 Å². The molecule has 1 aromatic heterocycles. The monoisotopic (exact) mass is 493 g/mol. The topological polar surface area (TPSA) is 87.0 Å². The van der Waals surface area contributed by atoms with Crippen LogP contribution in [0.2, 0.25) is 5.02 Å². The van der Waals surface area contributed by atoms with Crippen LogP contribution in [0.3, 0.4) is 0 Å². The van der Waals surface area contributed by atoms with Crippen LogP contribution in [0, 0.1) is 0 Å². The molecule has 0 fully saturated rings. The van der Waals surface area contributed by atoms with Crippen molar-refractivity contribution >= 4 is 28.5 Å². The van der Waals surface area contributed by atoms with Crippen LogP contribution >= 0.6 is 11.6 Å². The molecule has 0 saturated heterocycles. The lowest BCUT2D eigenvalue weighted by Crippen LogP contribution is -2.31. The summed E-state index contributed by atoms with van der Waals surface area (Å²) in [5.41, 5.74) is 1.53. The minimum absolute atomic E-state index is 0.0924. The van der Waals surface area contributed by atoms with Crippen LogP contribution in [0.15, 0.2) is 75.9 Å². The molecule has 0 unspecified atom stereocenters. The summed E-state index contributed by atoms with van der Waals surface area (Å²) in [6, 6.07) is 19.6. The highest BCUT2D eigenvalue weighted by atomic mass is 35.5. The van der Waals surface area contributed by atoms with Gasteiger partial charge in [0.25, 0.3) is 5.91 Å². The number of hydrogen-bond acceptors (Lipinski definition) is 6. The second kappa shape index (κ2) is 11.0. The summed E-state index contributed by atoms with van der Waals surface area (Å²) in [5, 5.41) is 3.44. The fourth-order valence-electron chi connectivity index (χ4n) is 3.63. The molecule has 0 aliphatic carbocycles. The van der Waals surface area contributed by atoms with E-state index in [1.807, 2.05) is 30.3 Å². The standard InChI is InChI=1S/C27H24ClNO6/c1-32-22-10-8-18(14-23(22)33-2)26-27(25(31)20-15-19(28)9-11-21(20)35-26)34-16-24(30)29-13-12-17-6-4-3-5-7-17/h3-11,14-15H,12-13,16H2,1-2H3,(H,29,30). The van der Waals surface area contributed by atoms with Crippen LogP contribution in [0.25, 0.3) is 22.3 Å². The van der Waals surface area contributed by atoms with Crippen LogP contribution in [0.4, 0.5) is 0 Å². The first kappa shape index (κ1) is 24.2. The number of benzene rings is 3. The lowest BCUT2D eigenvalue weighted by Gasteiger charge is -2.14. The van der Waals surface area contributed by atoms with Crippen molar-refractivity contribution in [2.45, 2.75) is 6.42 Å². The van der Waals surface area contributed by atoms with E-state index in [0.29, 0.717) is 40.6 Å². The molecule has 0 radical (unpaired) electrons. The van der Waals surface area contributed by atoms with Crippen LogP contribution in [-0.4, -0.2) is 33.3 Å². The van der Waals surface area contributed by atoms with Gasteiger partial charge in [0, 0.05) is 17.1 Å². The van der Waals surface area contributed by atoms with Crippen molar-refractivity contribution in [1.82, 2.24) is 5.32 Å². The average molecular weight is 494 g/mol. The summed E-state index contributed by atoms with van der Waals surface area (Å²) in [6.45, 7) is 0.0859. The van der Waals surface area contributed by atoms with Crippen molar-refractivity contribution in [2.75, 3.05) is 27.4 Å². The third-order valence-electron chi connectivity index (χ3n) is 5.38. The van der Waals surface area contributed by atoms with Gasteiger partial charge in [0.1, 0.15) is 5.58 Å². The molecule has 0 aliphatic heterocycles. The largest absolute Gasteiger partial charge is 0.493 e. The normalized spacial score (nSPS) is 10.7. The molecular weight excluding hydrogens is 470 g/mol. The minimum Gasteiger partial charge on any atom is -0.493 e. The fraction of sp³-hybridized carbons (Fsp3) is 0.185. The van der Waals surface area contributed by atoms with Gasteiger partial charge in [-0.1, -0.05) is 41.9 Å². The third kappa shape index (κ3) is 5.58. The van der Waals surface area contributed by atoms with Crippen molar-refractivity contribution in [2.24, 2.45) is 0 Å². The Morgan fingerprint density at radius 2 is 1.74 bits per heavy atom. The highest BCUT2D eigenvalue weighted by molar-refractivity contribution is 6.31. The van der Waals surface area contributed by atoms with Gasteiger partial charge in [-0.25, -0.2) is 0 Å². The Labute approximate surface area is 207 Å². The quantitative estimate of drug-likeness (QED) is 0.358. The summed E-state index contributed by atoms with van der Waals surface area (Å²) in [4.78, 5) is 25.8. The van der Waals surface area contributed by atoms with E-state index in [0.717, 1.165) is 5.56 Å². The number of halogens is 1. The molecule has 1 amide bonds. The molecule has 0 bridgehead atoms. The zero-order chi connectivity index (χ0) is 24.8. The first-order valence-corrected chi connectivity index (χ1v) is 11.3. The highest BCUT2D eigenvalue weighted by Gasteiger charge is 2.20. The molecule has 1 heterocycles. The molecule has 4 aromatic rings. The van der Waals surface area contributed by atoms with Crippen molar-refractivity contribution in [3.05, 3.63) is 87.5 Å². The summed E-state index contributed by atoms with van der Waals surface area (Å²) >= 11 is 6.09. The molecule has 0 saturated carbocycles. The molecule has 0 atom stereocenters. The lowest BCUT2D eigenvalue weighted by molar-refractivity contribution is -0.123. The zero-order valence-corrected chi connectivity index (χ0v) is 20.1. The van der Waals surface area contributed by atoms with Crippen molar-refractivity contribution in [1.29, 1.82) is 0 Å². The Morgan fingerprint density at radius 3 is 2.49 bits per heavy atom. The van der Waals surface area contributed by atoms with Crippen molar-refractivity contribution in [3.63, 3.8) is 0 Å². The van der Waals surface area contributed by atoms with Crippen LogP contribution in [0.1, 0.15) is 5.56 Å². The van der Waals surface area contributed by atoms with E-state index in [9.17, 15) is 9.59 Å². The Balaban J connectivity index is 1.62. The number of methoxy groups -OCH3 is 2. The molecule has 35 heavy (non-hydrogen) atoms. The van der Waals surface area contributed by atoms with E-state index >= 15 is 0 Å². The number of rotatable bonds is 9. The molecule has 4 rings (SSSR count). The Bertz CT molecular complexity index is 1400. The van der Waals surface area contributed by atoms with E-state index in [4.69, 9.17) is 30.2 Å². The number of amides is 1. The van der Waals surface area contributed by atoms with Gasteiger partial charge in [0.05, 0.1) is 19.6 Å². The maximum Gasteiger partial charge on any atom is 0.257 e. The number of nitrogens with one attached hydrogen (secondary N) is 1. The van der Waals surface area contributed by atoms with Crippen LogP contribution in [-0.2, 0) is 11.2 Å². The number of fused-ring (bicyclic) bond motifs is 1. The second-order valence-electron chi connectivity index (χ2n) is 7.67. The van der Waals surface area contributed by atoms with E-state index in [-0.39, 0.29) is 29.4 Å². The number of carbonyl (C=O) groups is 1. The highest BCUT2D eigenvalue weighted by Crippen LogP contribution is 2.37. The molecular formula is C27H24ClNO6. The smallest absolute Gasteiger partial charge is 0.257 e. The van der Waals surface area contributed by atoms with E-state index in [2.05, 4.69) is 5.32 Å². The van der Waals surface area contributed by atoms with Gasteiger partial charge in [0.15, 0.2) is 23.9 Å². The van der Waals surface area contributed by atoms with E-state index < -0.39 is 5.43 Å². The molecule has 1 N–H and O–H groups in total. The molecule has 3 aromatic carbocycles. The van der Waals surface area contributed by atoms with Gasteiger partial charge in [-0.05, 0) is 48.4 Å². The lowest BCUT2D eigenvalue weighted by atomic mass is 10.1. The molecule has 0 aliphatic rings. The van der Waals surface area contributed by atoms with Gasteiger partial charge < -0.3 is 23.9 Å². The van der Waals surface area contributed by atoms with Gasteiger partial charge in [0.2, 0.25) is 11.2 Å². The predicted molar refractivity (Wildman–Crippen MR) is 135 cm³/mol. The van der Waals surface area contributed by atoms with Gasteiger partial charge in [-0.2, -0.15) is 0 Å². The third-order valence-corrected chi connectivity index (χ3v) is 5.62. The Kier molecular flexibility index (Phi) is 7.57. The summed E-state index contributed by atoms with van der Waals surface area (Å²) in [5.74, 6) is 0.692.